The molecule has 1 fully saturated rings. The van der Waals surface area contributed by atoms with Crippen LogP contribution in [-0.4, -0.2) is 49.7 Å². The molecule has 0 saturated carbocycles. The summed E-state index contributed by atoms with van der Waals surface area (Å²) in [5, 5.41) is 2.82. The largest absolute Gasteiger partial charge is 0.459 e. The van der Waals surface area contributed by atoms with Crippen LogP contribution in [0.15, 0.2) is 22.8 Å². The Labute approximate surface area is 101 Å². The highest BCUT2D eigenvalue weighted by molar-refractivity contribution is 5.91. The predicted octanol–water partition coefficient (Wildman–Crippen LogP) is 0.730. The third-order valence-corrected chi connectivity index (χ3v) is 2.91. The van der Waals surface area contributed by atoms with Gasteiger partial charge in [-0.2, -0.15) is 0 Å². The maximum atomic E-state index is 11.6. The number of morpholine rings is 1. The van der Waals surface area contributed by atoms with Crippen molar-refractivity contribution in [1.29, 1.82) is 0 Å². The molecule has 1 unspecified atom stereocenters. The van der Waals surface area contributed by atoms with E-state index in [0.717, 1.165) is 26.2 Å². The zero-order chi connectivity index (χ0) is 12.1. The summed E-state index contributed by atoms with van der Waals surface area (Å²) in [5.74, 6) is 0.153. The Morgan fingerprint density at radius 1 is 1.65 bits per heavy atom. The van der Waals surface area contributed by atoms with Crippen LogP contribution < -0.4 is 5.32 Å². The molecule has 1 N–H and O–H groups in total. The number of furan rings is 1. The van der Waals surface area contributed by atoms with Crippen LogP contribution in [0.5, 0.6) is 0 Å². The van der Waals surface area contributed by atoms with Gasteiger partial charge in [-0.3, -0.25) is 9.69 Å². The molecule has 0 radical (unpaired) electrons. The summed E-state index contributed by atoms with van der Waals surface area (Å²) >= 11 is 0. The topological polar surface area (TPSA) is 54.7 Å². The number of rotatable bonds is 4. The van der Waals surface area contributed by atoms with Gasteiger partial charge in [0.05, 0.1) is 19.0 Å². The maximum absolute atomic E-state index is 11.6. The van der Waals surface area contributed by atoms with Gasteiger partial charge in [-0.05, 0) is 18.7 Å². The number of hydrogen-bond acceptors (Lipinski definition) is 4. The Bertz CT molecular complexity index is 351. The normalized spacial score (nSPS) is 21.4. The van der Waals surface area contributed by atoms with Crippen molar-refractivity contribution in [3.8, 4) is 0 Å². The predicted molar refractivity (Wildman–Crippen MR) is 62.9 cm³/mol. The van der Waals surface area contributed by atoms with Gasteiger partial charge in [0.2, 0.25) is 0 Å². The summed E-state index contributed by atoms with van der Waals surface area (Å²) in [4.78, 5) is 13.9. The summed E-state index contributed by atoms with van der Waals surface area (Å²) in [6.07, 6.45) is 1.56. The molecule has 2 heterocycles. The molecule has 94 valence electrons. The van der Waals surface area contributed by atoms with E-state index in [-0.39, 0.29) is 12.0 Å². The van der Waals surface area contributed by atoms with E-state index in [1.54, 1.807) is 12.1 Å². The monoisotopic (exact) mass is 238 g/mol. The Balaban J connectivity index is 1.76. The molecule has 1 aliphatic heterocycles. The molecule has 0 spiro atoms. The molecule has 5 nitrogen and oxygen atoms in total. The van der Waals surface area contributed by atoms with Crippen molar-refractivity contribution < 1.29 is 13.9 Å². The van der Waals surface area contributed by atoms with Crippen molar-refractivity contribution in [2.24, 2.45) is 0 Å². The lowest BCUT2D eigenvalue weighted by Crippen LogP contribution is -2.47. The van der Waals surface area contributed by atoms with Crippen molar-refractivity contribution in [2.45, 2.75) is 13.0 Å². The maximum Gasteiger partial charge on any atom is 0.287 e. The molecular formula is C12H18N2O3. The molecule has 1 aromatic rings. The molecular weight excluding hydrogens is 220 g/mol. The molecule has 1 saturated heterocycles. The van der Waals surface area contributed by atoms with Gasteiger partial charge in [0, 0.05) is 19.6 Å². The first kappa shape index (κ1) is 12.1. The molecule has 17 heavy (non-hydrogen) atoms. The van der Waals surface area contributed by atoms with E-state index < -0.39 is 0 Å². The van der Waals surface area contributed by atoms with E-state index in [0.29, 0.717) is 12.3 Å². The minimum Gasteiger partial charge on any atom is -0.459 e. The Kier molecular flexibility index (Phi) is 4.17. The van der Waals surface area contributed by atoms with Gasteiger partial charge in [0.15, 0.2) is 5.76 Å². The minimum atomic E-state index is -0.188. The van der Waals surface area contributed by atoms with Crippen molar-refractivity contribution in [1.82, 2.24) is 10.2 Å². The lowest BCUT2D eigenvalue weighted by Gasteiger charge is -2.32. The van der Waals surface area contributed by atoms with E-state index >= 15 is 0 Å². The molecule has 2 rings (SSSR count). The number of nitrogens with zero attached hydrogens (tertiary/aromatic N) is 1. The average molecular weight is 238 g/mol. The average Bonchev–Trinajstić information content (AvgIpc) is 2.90. The smallest absolute Gasteiger partial charge is 0.287 e. The summed E-state index contributed by atoms with van der Waals surface area (Å²) in [6.45, 7) is 6.25. The van der Waals surface area contributed by atoms with Gasteiger partial charge >= 0.3 is 0 Å². The van der Waals surface area contributed by atoms with E-state index in [1.165, 1.54) is 6.26 Å². The first-order valence-electron chi connectivity index (χ1n) is 5.95. The van der Waals surface area contributed by atoms with Gasteiger partial charge in [-0.25, -0.2) is 0 Å². The first-order valence-corrected chi connectivity index (χ1v) is 5.95. The molecule has 0 aromatic carbocycles. The van der Waals surface area contributed by atoms with Crippen LogP contribution in [-0.2, 0) is 4.74 Å². The summed E-state index contributed by atoms with van der Waals surface area (Å²) in [5.41, 5.74) is 0. The molecule has 1 aromatic heterocycles. The second kappa shape index (κ2) is 5.84. The second-order valence-electron chi connectivity index (χ2n) is 4.07. The van der Waals surface area contributed by atoms with Gasteiger partial charge in [-0.15, -0.1) is 0 Å². The van der Waals surface area contributed by atoms with Crippen LogP contribution in [0.3, 0.4) is 0 Å². The number of carbonyl (C=O) groups is 1. The number of nitrogens with one attached hydrogen (secondary N) is 1. The van der Waals surface area contributed by atoms with Gasteiger partial charge in [0.25, 0.3) is 5.91 Å². The third-order valence-electron chi connectivity index (χ3n) is 2.91. The number of ether oxygens (including phenoxy) is 1. The van der Waals surface area contributed by atoms with Crippen LogP contribution in [0.4, 0.5) is 0 Å². The van der Waals surface area contributed by atoms with Crippen LogP contribution >= 0.6 is 0 Å². The Hall–Kier alpha value is -1.33. The molecule has 0 aliphatic carbocycles. The van der Waals surface area contributed by atoms with Crippen LogP contribution in [0.1, 0.15) is 17.5 Å². The molecule has 1 amide bonds. The van der Waals surface area contributed by atoms with Gasteiger partial charge in [0.1, 0.15) is 0 Å². The lowest BCUT2D eigenvalue weighted by atomic mass is 10.2. The Morgan fingerprint density at radius 3 is 3.24 bits per heavy atom. The highest BCUT2D eigenvalue weighted by atomic mass is 16.5. The molecule has 5 heteroatoms. The number of likely N-dealkylation sites (N-methyl/N-ethyl adjacent to an activating group) is 1. The second-order valence-corrected chi connectivity index (χ2v) is 4.07. The van der Waals surface area contributed by atoms with Crippen LogP contribution in [0.2, 0.25) is 0 Å². The first-order chi connectivity index (χ1) is 8.29. The molecule has 1 atom stereocenters. The zero-order valence-corrected chi connectivity index (χ0v) is 10.0. The lowest BCUT2D eigenvalue weighted by molar-refractivity contribution is -0.0246. The van der Waals surface area contributed by atoms with Crippen molar-refractivity contribution in [3.63, 3.8) is 0 Å². The summed E-state index contributed by atoms with van der Waals surface area (Å²) < 4.78 is 10.6. The third kappa shape index (κ3) is 3.31. The van der Waals surface area contributed by atoms with Gasteiger partial charge < -0.3 is 14.5 Å². The highest BCUT2D eigenvalue weighted by Crippen LogP contribution is 2.04. The fraction of sp³-hybridized carbons (Fsp3) is 0.583. The van der Waals surface area contributed by atoms with Crippen LogP contribution in [0, 0.1) is 0 Å². The van der Waals surface area contributed by atoms with E-state index in [4.69, 9.17) is 9.15 Å². The van der Waals surface area contributed by atoms with Crippen molar-refractivity contribution in [3.05, 3.63) is 24.2 Å². The van der Waals surface area contributed by atoms with Crippen molar-refractivity contribution >= 4 is 5.91 Å². The minimum absolute atomic E-state index is 0.0719. The fourth-order valence-electron chi connectivity index (χ4n) is 1.89. The standard InChI is InChI=1S/C12H18N2O3/c1-2-14-5-7-16-10(9-14)8-13-12(15)11-4-3-6-17-11/h3-4,6,10H,2,5,7-9H2,1H3,(H,13,15). The van der Waals surface area contributed by atoms with Gasteiger partial charge in [-0.1, -0.05) is 6.92 Å². The number of amides is 1. The van der Waals surface area contributed by atoms with Crippen molar-refractivity contribution in [2.75, 3.05) is 32.8 Å². The number of carbonyl (C=O) groups excluding carboxylic acids is 1. The molecule has 1 aliphatic rings. The van der Waals surface area contributed by atoms with E-state index in [9.17, 15) is 4.79 Å². The Morgan fingerprint density at radius 2 is 2.53 bits per heavy atom. The zero-order valence-electron chi connectivity index (χ0n) is 10.0. The van der Waals surface area contributed by atoms with E-state index in [1.807, 2.05) is 0 Å². The quantitative estimate of drug-likeness (QED) is 0.840. The van der Waals surface area contributed by atoms with Crippen LogP contribution in [0.25, 0.3) is 0 Å². The van der Waals surface area contributed by atoms with E-state index in [2.05, 4.69) is 17.1 Å². The summed E-state index contributed by atoms with van der Waals surface area (Å²) in [7, 11) is 0. The summed E-state index contributed by atoms with van der Waals surface area (Å²) in [6, 6.07) is 3.35. The SMILES string of the molecule is CCN1CCOC(CNC(=O)c2ccco2)C1. The fourth-order valence-corrected chi connectivity index (χ4v) is 1.89. The number of hydrogen-bond donors (Lipinski definition) is 1. The molecule has 0 bridgehead atoms. The highest BCUT2D eigenvalue weighted by Gasteiger charge is 2.20.